The molecule has 1 atom stereocenters. The van der Waals surface area contributed by atoms with Crippen LogP contribution in [-0.4, -0.2) is 37.2 Å². The van der Waals surface area contributed by atoms with E-state index in [0.717, 1.165) is 5.56 Å². The Labute approximate surface area is 146 Å². The normalized spacial score (nSPS) is 11.2. The van der Waals surface area contributed by atoms with Crippen LogP contribution in [0.5, 0.6) is 11.5 Å². The molecule has 0 aliphatic heterocycles. The van der Waals surface area contributed by atoms with Crippen molar-refractivity contribution in [3.8, 4) is 11.5 Å². The molecular weight excluding hydrogens is 328 g/mol. The molecule has 0 aliphatic rings. The zero-order valence-electron chi connectivity index (χ0n) is 14.6. The van der Waals surface area contributed by atoms with E-state index in [-0.39, 0.29) is 13.2 Å². The maximum Gasteiger partial charge on any atom is 0.308 e. The third-order valence-electron chi connectivity index (χ3n) is 2.89. The van der Waals surface area contributed by atoms with Crippen LogP contribution in [0.3, 0.4) is 0 Å². The van der Waals surface area contributed by atoms with Crippen LogP contribution in [0.1, 0.15) is 26.3 Å². The van der Waals surface area contributed by atoms with Crippen LogP contribution in [-0.2, 0) is 30.3 Å². The summed E-state index contributed by atoms with van der Waals surface area (Å²) in [6.45, 7) is 7.43. The van der Waals surface area contributed by atoms with Crippen molar-refractivity contribution in [3.05, 3.63) is 36.4 Å². The fourth-order valence-electron chi connectivity index (χ4n) is 1.98. The van der Waals surface area contributed by atoms with Crippen molar-refractivity contribution in [2.24, 2.45) is 0 Å². The van der Waals surface area contributed by atoms with Crippen LogP contribution in [0.4, 0.5) is 0 Å². The number of carbonyl (C=O) groups is 3. The van der Waals surface area contributed by atoms with Gasteiger partial charge in [-0.1, -0.05) is 6.08 Å². The van der Waals surface area contributed by atoms with E-state index in [1.54, 1.807) is 24.3 Å². The van der Waals surface area contributed by atoms with Gasteiger partial charge >= 0.3 is 17.9 Å². The molecule has 0 N–H and O–H groups in total. The lowest BCUT2D eigenvalue weighted by atomic mass is 10.1. The Balaban J connectivity index is 2.83. The molecule has 0 spiro atoms. The molecule has 0 saturated carbocycles. The molecular formula is C18H22O7. The number of hydrogen-bond donors (Lipinski definition) is 0. The Bertz CT molecular complexity index is 636. The highest BCUT2D eigenvalue weighted by Gasteiger charge is 2.16. The Hall–Kier alpha value is -2.83. The van der Waals surface area contributed by atoms with Crippen molar-refractivity contribution < 1.29 is 33.3 Å². The van der Waals surface area contributed by atoms with E-state index >= 15 is 0 Å². The molecule has 1 unspecified atom stereocenters. The minimum Gasteiger partial charge on any atom is -0.489 e. The summed E-state index contributed by atoms with van der Waals surface area (Å²) >= 11 is 0. The topological polar surface area (TPSA) is 88.1 Å². The van der Waals surface area contributed by atoms with Gasteiger partial charge in [0.25, 0.3) is 0 Å². The van der Waals surface area contributed by atoms with Gasteiger partial charge in [-0.05, 0) is 24.6 Å². The highest BCUT2D eigenvalue weighted by Crippen LogP contribution is 2.25. The van der Waals surface area contributed by atoms with Crippen LogP contribution in [0.25, 0.3) is 0 Å². The van der Waals surface area contributed by atoms with Crippen molar-refractivity contribution in [2.45, 2.75) is 33.3 Å². The van der Waals surface area contributed by atoms with E-state index in [0.29, 0.717) is 17.9 Å². The molecule has 0 saturated heterocycles. The molecule has 0 amide bonds. The summed E-state index contributed by atoms with van der Waals surface area (Å²) in [6, 6.07) is 4.91. The van der Waals surface area contributed by atoms with E-state index in [4.69, 9.17) is 18.9 Å². The molecule has 25 heavy (non-hydrogen) atoms. The lowest BCUT2D eigenvalue weighted by Gasteiger charge is -2.19. The summed E-state index contributed by atoms with van der Waals surface area (Å²) in [5.74, 6) is -0.481. The maximum absolute atomic E-state index is 11.1. The van der Waals surface area contributed by atoms with Gasteiger partial charge < -0.3 is 18.9 Å². The lowest BCUT2D eigenvalue weighted by molar-refractivity contribution is -0.158. The molecule has 0 fully saturated rings. The molecule has 0 radical (unpaired) electrons. The largest absolute Gasteiger partial charge is 0.489 e. The van der Waals surface area contributed by atoms with Gasteiger partial charge in [-0.2, -0.15) is 0 Å². The van der Waals surface area contributed by atoms with Crippen molar-refractivity contribution in [1.82, 2.24) is 0 Å². The van der Waals surface area contributed by atoms with Gasteiger partial charge in [-0.25, -0.2) is 0 Å². The number of benzene rings is 1. The number of hydrogen-bond acceptors (Lipinski definition) is 7. The predicted molar refractivity (Wildman–Crippen MR) is 89.3 cm³/mol. The van der Waals surface area contributed by atoms with Gasteiger partial charge in [0, 0.05) is 26.3 Å². The Morgan fingerprint density at radius 2 is 1.80 bits per heavy atom. The summed E-state index contributed by atoms with van der Waals surface area (Å²) in [7, 11) is 0. The van der Waals surface area contributed by atoms with E-state index in [2.05, 4.69) is 6.58 Å². The van der Waals surface area contributed by atoms with Crippen molar-refractivity contribution >= 4 is 17.9 Å². The molecule has 7 heteroatoms. The fourth-order valence-corrected chi connectivity index (χ4v) is 1.98. The van der Waals surface area contributed by atoms with Gasteiger partial charge in [0.2, 0.25) is 0 Å². The second kappa shape index (κ2) is 10.1. The third kappa shape index (κ3) is 8.01. The Morgan fingerprint density at radius 3 is 2.36 bits per heavy atom. The first-order valence-electron chi connectivity index (χ1n) is 7.67. The molecule has 0 aromatic heterocycles. The summed E-state index contributed by atoms with van der Waals surface area (Å²) < 4.78 is 20.7. The van der Waals surface area contributed by atoms with E-state index in [1.807, 2.05) is 0 Å². The zero-order valence-corrected chi connectivity index (χ0v) is 14.6. The molecule has 1 aromatic carbocycles. The minimum atomic E-state index is -0.730. The summed E-state index contributed by atoms with van der Waals surface area (Å²) in [5.41, 5.74) is 0.753. The monoisotopic (exact) mass is 350 g/mol. The number of ether oxygens (including phenoxy) is 4. The van der Waals surface area contributed by atoms with Crippen LogP contribution >= 0.6 is 0 Å². The number of rotatable bonds is 9. The summed E-state index contributed by atoms with van der Waals surface area (Å²) in [4.78, 5) is 33.1. The molecule has 0 aliphatic carbocycles. The second-order valence-corrected chi connectivity index (χ2v) is 5.20. The van der Waals surface area contributed by atoms with Gasteiger partial charge in [0.1, 0.15) is 24.7 Å². The predicted octanol–water partition coefficient (Wildman–Crippen LogP) is 2.21. The highest BCUT2D eigenvalue weighted by atomic mass is 16.6. The first-order valence-corrected chi connectivity index (χ1v) is 7.67. The molecule has 1 rings (SSSR count). The van der Waals surface area contributed by atoms with Gasteiger partial charge in [0.15, 0.2) is 6.10 Å². The molecule has 7 nitrogen and oxygen atoms in total. The fraction of sp³-hybridized carbons (Fsp3) is 0.389. The van der Waals surface area contributed by atoms with Crippen LogP contribution < -0.4 is 9.47 Å². The van der Waals surface area contributed by atoms with Crippen molar-refractivity contribution in [3.63, 3.8) is 0 Å². The van der Waals surface area contributed by atoms with Crippen molar-refractivity contribution in [1.29, 1.82) is 0 Å². The van der Waals surface area contributed by atoms with Crippen LogP contribution in [0.2, 0.25) is 0 Å². The first kappa shape index (κ1) is 20.2. The molecule has 1 aromatic rings. The van der Waals surface area contributed by atoms with Crippen LogP contribution in [0, 0.1) is 0 Å². The SMILES string of the molecule is C=CCc1cc(OC(C)=O)ccc1OCC(COC(C)=O)OC(C)=O. The van der Waals surface area contributed by atoms with Gasteiger partial charge in [-0.3, -0.25) is 14.4 Å². The zero-order chi connectivity index (χ0) is 18.8. The molecule has 136 valence electrons. The average molecular weight is 350 g/mol. The third-order valence-corrected chi connectivity index (χ3v) is 2.89. The van der Waals surface area contributed by atoms with Crippen molar-refractivity contribution in [2.75, 3.05) is 13.2 Å². The Kier molecular flexibility index (Phi) is 8.18. The minimum absolute atomic E-state index is 0.00388. The quantitative estimate of drug-likeness (QED) is 0.383. The number of esters is 3. The molecule has 0 heterocycles. The van der Waals surface area contributed by atoms with E-state index in [9.17, 15) is 14.4 Å². The number of allylic oxidation sites excluding steroid dienone is 1. The maximum atomic E-state index is 11.1. The smallest absolute Gasteiger partial charge is 0.308 e. The standard InChI is InChI=1S/C18H22O7/c1-5-6-15-9-16(24-13(3)20)7-8-18(15)23-11-17(25-14(4)21)10-22-12(2)19/h5,7-9,17H,1,6,10-11H2,2-4H3. The second-order valence-electron chi connectivity index (χ2n) is 5.20. The van der Waals surface area contributed by atoms with E-state index < -0.39 is 24.0 Å². The van der Waals surface area contributed by atoms with Gasteiger partial charge in [-0.15, -0.1) is 6.58 Å². The average Bonchev–Trinajstić information content (AvgIpc) is 2.50. The summed E-state index contributed by atoms with van der Waals surface area (Å²) in [6.07, 6.45) is 1.44. The lowest BCUT2D eigenvalue weighted by Crippen LogP contribution is -2.30. The highest BCUT2D eigenvalue weighted by molar-refractivity contribution is 5.69. The van der Waals surface area contributed by atoms with Gasteiger partial charge in [0.05, 0.1) is 0 Å². The van der Waals surface area contributed by atoms with Crippen LogP contribution in [0.15, 0.2) is 30.9 Å². The van der Waals surface area contributed by atoms with E-state index in [1.165, 1.54) is 20.8 Å². The first-order chi connectivity index (χ1) is 11.8. The summed E-state index contributed by atoms with van der Waals surface area (Å²) in [5, 5.41) is 0. The number of carbonyl (C=O) groups excluding carboxylic acids is 3. The molecule has 0 bridgehead atoms. The Morgan fingerprint density at radius 1 is 1.08 bits per heavy atom.